The summed E-state index contributed by atoms with van der Waals surface area (Å²) in [6, 6.07) is 6.47. The lowest BCUT2D eigenvalue weighted by molar-refractivity contribution is -0.384. The summed E-state index contributed by atoms with van der Waals surface area (Å²) in [6.45, 7) is 1.50. The second-order valence-electron chi connectivity index (χ2n) is 4.03. The van der Waals surface area contributed by atoms with E-state index in [0.717, 1.165) is 12.1 Å². The van der Waals surface area contributed by atoms with E-state index in [4.69, 9.17) is 4.74 Å². The summed E-state index contributed by atoms with van der Waals surface area (Å²) in [6.07, 6.45) is -0.172. The molecule has 0 bridgehead atoms. The third-order valence-electron chi connectivity index (χ3n) is 2.96. The van der Waals surface area contributed by atoms with Crippen LogP contribution in [0.4, 0.5) is 5.69 Å². The predicted molar refractivity (Wildman–Crippen MR) is 62.2 cm³/mol. The number of nitro groups is 1. The number of non-ortho nitro benzene ring substituents is 1. The minimum Gasteiger partial charge on any atom is -0.356 e. The molecule has 6 heteroatoms. The average molecular weight is 237 g/mol. The molecule has 0 amide bonds. The Labute approximate surface area is 99.5 Å². The van der Waals surface area contributed by atoms with Crippen LogP contribution < -0.4 is 0 Å². The maximum absolute atomic E-state index is 10.6. The van der Waals surface area contributed by atoms with E-state index < -0.39 is 4.92 Å². The van der Waals surface area contributed by atoms with Crippen LogP contribution in [0.25, 0.3) is 0 Å². The van der Waals surface area contributed by atoms with E-state index in [2.05, 4.69) is 5.01 Å². The van der Waals surface area contributed by atoms with E-state index in [0.29, 0.717) is 6.61 Å². The summed E-state index contributed by atoms with van der Waals surface area (Å²) >= 11 is 0. The Morgan fingerprint density at radius 3 is 2.59 bits per heavy atom. The summed E-state index contributed by atoms with van der Waals surface area (Å²) in [4.78, 5) is 10.2. The molecular weight excluding hydrogens is 222 g/mol. The highest BCUT2D eigenvalue weighted by Gasteiger charge is 2.25. The molecule has 17 heavy (non-hydrogen) atoms. The van der Waals surface area contributed by atoms with Crippen molar-refractivity contribution >= 4 is 5.69 Å². The molecule has 1 atom stereocenters. The van der Waals surface area contributed by atoms with Crippen LogP contribution in [0.1, 0.15) is 11.8 Å². The van der Waals surface area contributed by atoms with Gasteiger partial charge in [-0.1, -0.05) is 0 Å². The van der Waals surface area contributed by atoms with Gasteiger partial charge < -0.3 is 4.74 Å². The molecule has 2 rings (SSSR count). The first-order chi connectivity index (χ1) is 8.09. The number of hydrazine groups is 1. The van der Waals surface area contributed by atoms with Crippen LogP contribution in [0.15, 0.2) is 24.3 Å². The van der Waals surface area contributed by atoms with E-state index in [-0.39, 0.29) is 11.9 Å². The van der Waals surface area contributed by atoms with Crippen molar-refractivity contribution in [3.8, 4) is 0 Å². The molecule has 0 radical (unpaired) electrons. The number of nitrogens with zero attached hydrogens (tertiary/aromatic N) is 3. The first-order valence-corrected chi connectivity index (χ1v) is 5.39. The zero-order valence-corrected chi connectivity index (χ0v) is 9.87. The number of nitro benzene ring substituents is 1. The third kappa shape index (κ3) is 2.44. The van der Waals surface area contributed by atoms with Crippen molar-refractivity contribution in [2.75, 3.05) is 27.2 Å². The molecule has 92 valence electrons. The quantitative estimate of drug-likeness (QED) is 0.575. The molecule has 0 aromatic heterocycles. The molecule has 1 saturated heterocycles. The van der Waals surface area contributed by atoms with Crippen molar-refractivity contribution in [1.82, 2.24) is 10.0 Å². The normalized spacial score (nSPS) is 22.6. The van der Waals surface area contributed by atoms with Gasteiger partial charge >= 0.3 is 0 Å². The predicted octanol–water partition coefficient (Wildman–Crippen LogP) is 1.40. The Morgan fingerprint density at radius 1 is 1.35 bits per heavy atom. The van der Waals surface area contributed by atoms with Gasteiger partial charge in [-0.15, -0.1) is 0 Å². The van der Waals surface area contributed by atoms with Gasteiger partial charge in [-0.25, -0.2) is 10.0 Å². The van der Waals surface area contributed by atoms with Gasteiger partial charge in [0.2, 0.25) is 0 Å². The number of hydrogen-bond acceptors (Lipinski definition) is 5. The topological polar surface area (TPSA) is 58.9 Å². The highest BCUT2D eigenvalue weighted by atomic mass is 16.6. The molecule has 1 fully saturated rings. The summed E-state index contributed by atoms with van der Waals surface area (Å²) < 4.78 is 5.66. The van der Waals surface area contributed by atoms with E-state index in [1.165, 1.54) is 12.1 Å². The van der Waals surface area contributed by atoms with Crippen LogP contribution in [0.3, 0.4) is 0 Å². The van der Waals surface area contributed by atoms with Gasteiger partial charge in [-0.2, -0.15) is 0 Å². The molecular formula is C11H15N3O3. The second-order valence-corrected chi connectivity index (χ2v) is 4.03. The van der Waals surface area contributed by atoms with Crippen LogP contribution in [-0.2, 0) is 4.74 Å². The van der Waals surface area contributed by atoms with Gasteiger partial charge in [0.15, 0.2) is 0 Å². The van der Waals surface area contributed by atoms with E-state index in [1.54, 1.807) is 12.1 Å². The van der Waals surface area contributed by atoms with Gasteiger partial charge in [-0.3, -0.25) is 10.1 Å². The van der Waals surface area contributed by atoms with Gasteiger partial charge in [0.1, 0.15) is 6.23 Å². The Hall–Kier alpha value is -1.50. The van der Waals surface area contributed by atoms with Crippen LogP contribution in [0.2, 0.25) is 0 Å². The van der Waals surface area contributed by atoms with Gasteiger partial charge in [0, 0.05) is 32.8 Å². The monoisotopic (exact) mass is 237 g/mol. The summed E-state index contributed by atoms with van der Waals surface area (Å²) in [5.41, 5.74) is 1.02. The minimum absolute atomic E-state index is 0.0977. The Balaban J connectivity index is 2.19. The highest BCUT2D eigenvalue weighted by molar-refractivity contribution is 5.33. The number of ether oxygens (including phenoxy) is 1. The largest absolute Gasteiger partial charge is 0.356 e. The van der Waals surface area contributed by atoms with E-state index in [1.807, 2.05) is 19.1 Å². The molecule has 6 nitrogen and oxygen atoms in total. The fourth-order valence-corrected chi connectivity index (χ4v) is 1.81. The highest BCUT2D eigenvalue weighted by Crippen LogP contribution is 2.26. The Bertz CT molecular complexity index is 407. The molecule has 1 aromatic carbocycles. The maximum Gasteiger partial charge on any atom is 0.269 e. The average Bonchev–Trinajstić information content (AvgIpc) is 2.33. The first kappa shape index (κ1) is 12.0. The maximum atomic E-state index is 10.6. The van der Waals surface area contributed by atoms with Crippen molar-refractivity contribution in [3.63, 3.8) is 0 Å². The standard InChI is InChI=1S/C11H15N3O3/c1-12-7-8-17-11(13(12)2)9-3-5-10(6-4-9)14(15)16/h3-6,11H,7-8H2,1-2H3. The van der Waals surface area contributed by atoms with Crippen LogP contribution >= 0.6 is 0 Å². The molecule has 1 unspecified atom stereocenters. The number of benzene rings is 1. The zero-order chi connectivity index (χ0) is 12.4. The van der Waals surface area contributed by atoms with Crippen LogP contribution in [-0.4, -0.2) is 42.2 Å². The van der Waals surface area contributed by atoms with Crippen molar-refractivity contribution < 1.29 is 9.66 Å². The smallest absolute Gasteiger partial charge is 0.269 e. The Morgan fingerprint density at radius 2 is 2.00 bits per heavy atom. The lowest BCUT2D eigenvalue weighted by atomic mass is 10.1. The third-order valence-corrected chi connectivity index (χ3v) is 2.96. The van der Waals surface area contributed by atoms with Crippen LogP contribution in [0, 0.1) is 10.1 Å². The molecule has 0 saturated carbocycles. The molecule has 0 aliphatic carbocycles. The molecule has 0 N–H and O–H groups in total. The molecule has 0 spiro atoms. The second kappa shape index (κ2) is 4.79. The first-order valence-electron chi connectivity index (χ1n) is 5.39. The SMILES string of the molecule is CN1CCOC(c2ccc([N+](=O)[O-])cc2)N1C. The van der Waals surface area contributed by atoms with Gasteiger partial charge in [-0.05, 0) is 17.7 Å². The minimum atomic E-state index is -0.401. The lowest BCUT2D eigenvalue weighted by Crippen LogP contribution is -2.46. The molecule has 1 aromatic rings. The van der Waals surface area contributed by atoms with E-state index >= 15 is 0 Å². The number of rotatable bonds is 2. The number of hydrogen-bond donors (Lipinski definition) is 0. The van der Waals surface area contributed by atoms with Gasteiger partial charge in [0.05, 0.1) is 11.5 Å². The fraction of sp³-hybridized carbons (Fsp3) is 0.455. The summed E-state index contributed by atoms with van der Waals surface area (Å²) in [7, 11) is 3.92. The molecule has 1 aliphatic heterocycles. The number of likely N-dealkylation sites (N-methyl/N-ethyl adjacent to an activating group) is 1. The Kier molecular flexibility index (Phi) is 3.37. The summed E-state index contributed by atoms with van der Waals surface area (Å²) in [5, 5.41) is 14.6. The van der Waals surface area contributed by atoms with E-state index in [9.17, 15) is 10.1 Å². The lowest BCUT2D eigenvalue weighted by Gasteiger charge is -2.39. The van der Waals surface area contributed by atoms with Crippen molar-refractivity contribution in [3.05, 3.63) is 39.9 Å². The van der Waals surface area contributed by atoms with Gasteiger partial charge in [0.25, 0.3) is 5.69 Å². The van der Waals surface area contributed by atoms with Crippen molar-refractivity contribution in [2.24, 2.45) is 0 Å². The molecule has 1 aliphatic rings. The van der Waals surface area contributed by atoms with Crippen molar-refractivity contribution in [1.29, 1.82) is 0 Å². The van der Waals surface area contributed by atoms with Crippen LogP contribution in [0.5, 0.6) is 0 Å². The summed E-state index contributed by atoms with van der Waals surface area (Å²) in [5.74, 6) is 0. The molecule has 1 heterocycles. The van der Waals surface area contributed by atoms with Crippen molar-refractivity contribution in [2.45, 2.75) is 6.23 Å². The fourth-order valence-electron chi connectivity index (χ4n) is 1.81. The zero-order valence-electron chi connectivity index (χ0n) is 9.87.